The summed E-state index contributed by atoms with van der Waals surface area (Å²) in [6.45, 7) is 0. The van der Waals surface area contributed by atoms with E-state index in [0.29, 0.717) is 14.8 Å². The van der Waals surface area contributed by atoms with E-state index in [0.717, 1.165) is 0 Å². The Morgan fingerprint density at radius 2 is 1.92 bits per heavy atom. The molecule has 0 bridgehead atoms. The van der Waals surface area contributed by atoms with Crippen molar-refractivity contribution >= 4 is 46.4 Å². The van der Waals surface area contributed by atoms with Crippen molar-refractivity contribution in [3.63, 3.8) is 0 Å². The van der Waals surface area contributed by atoms with Crippen molar-refractivity contribution in [3.8, 4) is 0 Å². The van der Waals surface area contributed by atoms with Crippen LogP contribution < -0.4 is 0 Å². The predicted octanol–water partition coefficient (Wildman–Crippen LogP) is 3.50. The molecule has 0 amide bonds. The van der Waals surface area contributed by atoms with Gasteiger partial charge in [-0.3, -0.25) is 0 Å². The largest absolute Gasteiger partial charge is 0.507 e. The van der Waals surface area contributed by atoms with E-state index < -0.39 is 0 Å². The summed E-state index contributed by atoms with van der Waals surface area (Å²) in [4.78, 5) is 0. The molecule has 1 aromatic carbocycles. The van der Waals surface area contributed by atoms with Gasteiger partial charge in [-0.25, -0.2) is 0 Å². The first-order chi connectivity index (χ1) is 6.09. The molecular formula is C9H7ClOS2. The van der Waals surface area contributed by atoms with Gasteiger partial charge in [0.1, 0.15) is 5.76 Å². The zero-order valence-corrected chi connectivity index (χ0v) is 9.03. The van der Waals surface area contributed by atoms with E-state index in [-0.39, 0.29) is 5.76 Å². The lowest BCUT2D eigenvalue weighted by Crippen LogP contribution is -1.84. The first-order valence-corrected chi connectivity index (χ1v) is 4.72. The minimum Gasteiger partial charge on any atom is -0.507 e. The molecule has 0 atom stereocenters. The number of halogens is 1. The Hall–Kier alpha value is -0.510. The number of rotatable bonds is 2. The Balaban J connectivity index is 2.96. The maximum atomic E-state index is 9.46. The fourth-order valence-corrected chi connectivity index (χ4v) is 1.18. The Labute approximate surface area is 92.4 Å². The van der Waals surface area contributed by atoms with E-state index in [1.165, 1.54) is 6.08 Å². The molecule has 1 aromatic rings. The lowest BCUT2D eigenvalue weighted by Gasteiger charge is -1.99. The monoisotopic (exact) mass is 230 g/mol. The first-order valence-electron chi connectivity index (χ1n) is 3.49. The number of thiol groups is 1. The van der Waals surface area contributed by atoms with E-state index in [1.54, 1.807) is 24.3 Å². The van der Waals surface area contributed by atoms with Gasteiger partial charge in [-0.1, -0.05) is 23.8 Å². The maximum absolute atomic E-state index is 9.46. The molecule has 13 heavy (non-hydrogen) atoms. The molecule has 68 valence electrons. The number of thiocarbonyl (C=S) groups is 1. The maximum Gasteiger partial charge on any atom is 0.124 e. The van der Waals surface area contributed by atoms with E-state index in [1.807, 2.05) is 0 Å². The topological polar surface area (TPSA) is 20.2 Å². The van der Waals surface area contributed by atoms with Crippen LogP contribution in [0.1, 0.15) is 5.56 Å². The van der Waals surface area contributed by atoms with Crippen molar-refractivity contribution in [2.24, 2.45) is 0 Å². The fourth-order valence-electron chi connectivity index (χ4n) is 0.821. The van der Waals surface area contributed by atoms with Gasteiger partial charge in [0.05, 0.1) is 4.20 Å². The van der Waals surface area contributed by atoms with Gasteiger partial charge >= 0.3 is 0 Å². The highest BCUT2D eigenvalue weighted by molar-refractivity contribution is 8.11. The van der Waals surface area contributed by atoms with Gasteiger partial charge < -0.3 is 5.11 Å². The molecule has 1 nitrogen and oxygen atoms in total. The lowest BCUT2D eigenvalue weighted by molar-refractivity contribution is 0.512. The highest BCUT2D eigenvalue weighted by Crippen LogP contribution is 2.15. The minimum atomic E-state index is 0.0941. The van der Waals surface area contributed by atoms with Crippen LogP contribution in [0.5, 0.6) is 0 Å². The van der Waals surface area contributed by atoms with Crippen LogP contribution in [-0.4, -0.2) is 9.30 Å². The van der Waals surface area contributed by atoms with Crippen LogP contribution in [0.2, 0.25) is 5.02 Å². The number of aliphatic hydroxyl groups excluding tert-OH is 1. The highest BCUT2D eigenvalue weighted by Gasteiger charge is 1.98. The van der Waals surface area contributed by atoms with E-state index >= 15 is 0 Å². The molecule has 0 aromatic heterocycles. The third-order valence-corrected chi connectivity index (χ3v) is 1.90. The summed E-state index contributed by atoms with van der Waals surface area (Å²) in [7, 11) is 0. The molecule has 1 N–H and O–H groups in total. The van der Waals surface area contributed by atoms with E-state index in [9.17, 15) is 5.11 Å². The average molecular weight is 231 g/mol. The normalized spacial score (nSPS) is 11.4. The standard InChI is InChI=1S/C9H7ClOS2/c10-7-3-1-6(2-4-7)8(11)5-9(12)13/h1-5,11H,(H,12,13)/b8-5-. The van der Waals surface area contributed by atoms with Crippen LogP contribution in [0, 0.1) is 0 Å². The SMILES string of the molecule is O/C(=C\C(=S)S)c1ccc(Cl)cc1. The van der Waals surface area contributed by atoms with E-state index in [4.69, 9.17) is 23.8 Å². The summed E-state index contributed by atoms with van der Waals surface area (Å²) in [5.41, 5.74) is 0.667. The van der Waals surface area contributed by atoms with Crippen molar-refractivity contribution in [1.82, 2.24) is 0 Å². The zero-order chi connectivity index (χ0) is 9.84. The Morgan fingerprint density at radius 3 is 2.38 bits per heavy atom. The minimum absolute atomic E-state index is 0.0941. The van der Waals surface area contributed by atoms with Crippen molar-refractivity contribution in [1.29, 1.82) is 0 Å². The molecule has 4 heteroatoms. The first kappa shape index (κ1) is 10.6. The molecule has 0 unspecified atom stereocenters. The molecule has 0 aliphatic rings. The van der Waals surface area contributed by atoms with Gasteiger partial charge in [-0.15, -0.1) is 12.6 Å². The second kappa shape index (κ2) is 4.65. The number of benzene rings is 1. The van der Waals surface area contributed by atoms with Crippen molar-refractivity contribution in [3.05, 3.63) is 40.9 Å². The fraction of sp³-hybridized carbons (Fsp3) is 0. The molecule has 0 saturated carbocycles. The third-order valence-electron chi connectivity index (χ3n) is 1.40. The summed E-state index contributed by atoms with van der Waals surface area (Å²) in [5.74, 6) is 0.0941. The van der Waals surface area contributed by atoms with Gasteiger partial charge in [-0.2, -0.15) is 0 Å². The molecule has 0 heterocycles. The molecule has 1 rings (SSSR count). The molecule has 0 fully saturated rings. The smallest absolute Gasteiger partial charge is 0.124 e. The quantitative estimate of drug-likeness (QED) is 0.351. The van der Waals surface area contributed by atoms with Gasteiger partial charge in [0.2, 0.25) is 0 Å². The van der Waals surface area contributed by atoms with Gasteiger partial charge in [-0.05, 0) is 24.3 Å². The summed E-state index contributed by atoms with van der Waals surface area (Å²) >= 11 is 14.3. The molecular weight excluding hydrogens is 224 g/mol. The van der Waals surface area contributed by atoms with Crippen molar-refractivity contribution in [2.45, 2.75) is 0 Å². The van der Waals surface area contributed by atoms with Crippen molar-refractivity contribution < 1.29 is 5.11 Å². The average Bonchev–Trinajstić information content (AvgIpc) is 2.04. The number of aliphatic hydroxyl groups is 1. The van der Waals surface area contributed by atoms with E-state index in [2.05, 4.69) is 12.6 Å². The van der Waals surface area contributed by atoms with Gasteiger partial charge in [0, 0.05) is 16.7 Å². The van der Waals surface area contributed by atoms with Crippen molar-refractivity contribution in [2.75, 3.05) is 0 Å². The van der Waals surface area contributed by atoms with Crippen LogP contribution in [-0.2, 0) is 0 Å². The van der Waals surface area contributed by atoms with Crippen LogP contribution in [0.15, 0.2) is 30.3 Å². The third kappa shape index (κ3) is 3.38. The van der Waals surface area contributed by atoms with Crippen LogP contribution in [0.3, 0.4) is 0 Å². The molecule has 0 spiro atoms. The summed E-state index contributed by atoms with van der Waals surface area (Å²) in [6.07, 6.45) is 1.40. The molecule has 0 radical (unpaired) electrons. The second-order valence-electron chi connectivity index (χ2n) is 2.37. The van der Waals surface area contributed by atoms with Gasteiger partial charge in [0.25, 0.3) is 0 Å². The summed E-state index contributed by atoms with van der Waals surface area (Å²) < 4.78 is 0.340. The van der Waals surface area contributed by atoms with Crippen LogP contribution in [0.4, 0.5) is 0 Å². The van der Waals surface area contributed by atoms with Crippen LogP contribution >= 0.6 is 36.4 Å². The zero-order valence-electron chi connectivity index (χ0n) is 6.57. The summed E-state index contributed by atoms with van der Waals surface area (Å²) in [5, 5.41) is 10.1. The second-order valence-corrected chi connectivity index (χ2v) is 4.04. The Morgan fingerprint density at radius 1 is 1.38 bits per heavy atom. The predicted molar refractivity (Wildman–Crippen MR) is 63.6 cm³/mol. The van der Waals surface area contributed by atoms with Crippen LogP contribution in [0.25, 0.3) is 5.76 Å². The highest BCUT2D eigenvalue weighted by atomic mass is 35.5. The Kier molecular flexibility index (Phi) is 3.78. The molecule has 0 aliphatic heterocycles. The number of hydrogen-bond donors (Lipinski definition) is 2. The molecule has 0 aliphatic carbocycles. The Bertz CT molecular complexity index is 343. The molecule has 0 saturated heterocycles. The lowest BCUT2D eigenvalue weighted by atomic mass is 10.2. The van der Waals surface area contributed by atoms with Gasteiger partial charge in [0.15, 0.2) is 0 Å². The summed E-state index contributed by atoms with van der Waals surface area (Å²) in [6, 6.07) is 6.81. The number of hydrogen-bond acceptors (Lipinski definition) is 2.